The smallest absolute Gasteiger partial charge is 0.114 e. The van der Waals surface area contributed by atoms with Gasteiger partial charge in [0.25, 0.3) is 0 Å². The number of nitrogens with one attached hydrogen (secondary N) is 1. The van der Waals surface area contributed by atoms with Crippen LogP contribution in [0.15, 0.2) is 0 Å². The molecule has 1 aromatic rings. The Hall–Kier alpha value is -0.830. The molecule has 1 aliphatic carbocycles. The number of imidazole rings is 1. The van der Waals surface area contributed by atoms with Gasteiger partial charge in [-0.3, -0.25) is 0 Å². The fraction of sp³-hybridized carbons (Fsp3) is 0.824. The molecule has 1 fully saturated rings. The highest BCUT2D eigenvalue weighted by atomic mass is 15.2. The van der Waals surface area contributed by atoms with Crippen molar-refractivity contribution in [3.8, 4) is 0 Å². The third-order valence-corrected chi connectivity index (χ3v) is 4.87. The highest BCUT2D eigenvalue weighted by Gasteiger charge is 2.32. The lowest BCUT2D eigenvalue weighted by atomic mass is 9.85. The Morgan fingerprint density at radius 2 is 2.05 bits per heavy atom. The average molecular weight is 275 g/mol. The maximum atomic E-state index is 5.02. The van der Waals surface area contributed by atoms with Crippen LogP contribution in [-0.2, 0) is 18.4 Å². The van der Waals surface area contributed by atoms with Gasteiger partial charge in [-0.2, -0.15) is 0 Å². The van der Waals surface area contributed by atoms with Crippen molar-refractivity contribution in [3.05, 3.63) is 17.2 Å². The first-order valence-electron chi connectivity index (χ1n) is 8.28. The molecule has 1 N–H and O–H groups in total. The Kier molecular flexibility index (Phi) is 3.65. The topological polar surface area (TPSA) is 29.9 Å². The summed E-state index contributed by atoms with van der Waals surface area (Å²) in [5.41, 5.74) is 2.96. The minimum absolute atomic E-state index is 0.137. The fourth-order valence-corrected chi connectivity index (χ4v) is 3.89. The van der Waals surface area contributed by atoms with E-state index in [9.17, 15) is 0 Å². The molecule has 1 saturated carbocycles. The van der Waals surface area contributed by atoms with E-state index in [4.69, 9.17) is 4.98 Å². The molecule has 112 valence electrons. The second-order valence-corrected chi connectivity index (χ2v) is 7.80. The van der Waals surface area contributed by atoms with Crippen LogP contribution in [0.25, 0.3) is 0 Å². The lowest BCUT2D eigenvalue weighted by Gasteiger charge is -2.33. The summed E-state index contributed by atoms with van der Waals surface area (Å²) in [6, 6.07) is 0.683. The van der Waals surface area contributed by atoms with Crippen LogP contribution in [0.3, 0.4) is 0 Å². The van der Waals surface area contributed by atoms with E-state index in [1.165, 1.54) is 42.9 Å². The molecule has 3 nitrogen and oxygen atoms in total. The number of hydrogen-bond donors (Lipinski definition) is 1. The molecule has 2 unspecified atom stereocenters. The van der Waals surface area contributed by atoms with Crippen LogP contribution in [0, 0.1) is 5.92 Å². The summed E-state index contributed by atoms with van der Waals surface area (Å²) < 4.78 is 2.64. The SMILES string of the molecule is CC1CCCC(n2c(C(C)(C)C)nc3c2CCNC3)C1. The van der Waals surface area contributed by atoms with Crippen LogP contribution >= 0.6 is 0 Å². The van der Waals surface area contributed by atoms with Gasteiger partial charge in [-0.1, -0.05) is 40.5 Å². The van der Waals surface area contributed by atoms with Crippen LogP contribution in [0.1, 0.15) is 76.6 Å². The van der Waals surface area contributed by atoms with Gasteiger partial charge in [0.05, 0.1) is 5.69 Å². The Morgan fingerprint density at radius 3 is 2.75 bits per heavy atom. The second kappa shape index (κ2) is 5.18. The van der Waals surface area contributed by atoms with Crippen LogP contribution in [-0.4, -0.2) is 16.1 Å². The predicted octanol–water partition coefficient (Wildman–Crippen LogP) is 3.58. The number of nitrogens with zero attached hydrogens (tertiary/aromatic N) is 2. The van der Waals surface area contributed by atoms with Gasteiger partial charge in [0, 0.05) is 36.7 Å². The van der Waals surface area contributed by atoms with Crippen LogP contribution < -0.4 is 5.32 Å². The normalized spacial score (nSPS) is 27.4. The molecule has 0 bridgehead atoms. The first-order valence-corrected chi connectivity index (χ1v) is 8.28. The number of hydrogen-bond acceptors (Lipinski definition) is 2. The standard InChI is InChI=1S/C17H29N3/c1-12-6-5-7-13(10-12)20-15-8-9-18-11-14(15)19-16(20)17(2,3)4/h12-13,18H,5-11H2,1-4H3. The molecule has 2 aliphatic rings. The average Bonchev–Trinajstić information content (AvgIpc) is 2.78. The van der Waals surface area contributed by atoms with Gasteiger partial charge >= 0.3 is 0 Å². The van der Waals surface area contributed by atoms with Crippen molar-refractivity contribution in [3.63, 3.8) is 0 Å². The molecule has 20 heavy (non-hydrogen) atoms. The van der Waals surface area contributed by atoms with Gasteiger partial charge in [0.15, 0.2) is 0 Å². The molecule has 3 heteroatoms. The van der Waals surface area contributed by atoms with Crippen molar-refractivity contribution in [2.45, 2.75) is 77.8 Å². The zero-order chi connectivity index (χ0) is 14.3. The molecule has 0 amide bonds. The van der Waals surface area contributed by atoms with Crippen molar-refractivity contribution in [2.75, 3.05) is 6.54 Å². The molecular weight excluding hydrogens is 246 g/mol. The Labute approximate surface area is 123 Å². The molecule has 0 saturated heterocycles. The van der Waals surface area contributed by atoms with Gasteiger partial charge in [-0.15, -0.1) is 0 Å². The van der Waals surface area contributed by atoms with Crippen LogP contribution in [0.4, 0.5) is 0 Å². The van der Waals surface area contributed by atoms with E-state index < -0.39 is 0 Å². The zero-order valence-corrected chi connectivity index (χ0v) is 13.5. The number of aromatic nitrogens is 2. The number of fused-ring (bicyclic) bond motifs is 1. The third kappa shape index (κ3) is 2.52. The molecular formula is C17H29N3. The molecule has 1 aliphatic heterocycles. The van der Waals surface area contributed by atoms with Gasteiger partial charge in [-0.25, -0.2) is 4.98 Å². The highest BCUT2D eigenvalue weighted by molar-refractivity contribution is 5.24. The van der Waals surface area contributed by atoms with Crippen molar-refractivity contribution in [1.29, 1.82) is 0 Å². The Bertz CT molecular complexity index is 481. The lowest BCUT2D eigenvalue weighted by molar-refractivity contribution is 0.265. The van der Waals surface area contributed by atoms with Crippen molar-refractivity contribution < 1.29 is 0 Å². The predicted molar refractivity (Wildman–Crippen MR) is 83.0 cm³/mol. The second-order valence-electron chi connectivity index (χ2n) is 7.80. The minimum Gasteiger partial charge on any atom is -0.328 e. The van der Waals surface area contributed by atoms with Gasteiger partial charge < -0.3 is 9.88 Å². The minimum atomic E-state index is 0.137. The summed E-state index contributed by atoms with van der Waals surface area (Å²) in [6.45, 7) is 11.4. The zero-order valence-electron chi connectivity index (χ0n) is 13.5. The summed E-state index contributed by atoms with van der Waals surface area (Å²) in [5.74, 6) is 2.17. The summed E-state index contributed by atoms with van der Waals surface area (Å²) >= 11 is 0. The third-order valence-electron chi connectivity index (χ3n) is 4.87. The van der Waals surface area contributed by atoms with E-state index in [0.717, 1.165) is 25.4 Å². The summed E-state index contributed by atoms with van der Waals surface area (Å²) in [4.78, 5) is 5.02. The highest BCUT2D eigenvalue weighted by Crippen LogP contribution is 2.37. The first kappa shape index (κ1) is 14.1. The van der Waals surface area contributed by atoms with Crippen molar-refractivity contribution in [1.82, 2.24) is 14.9 Å². The van der Waals surface area contributed by atoms with Gasteiger partial charge in [0.2, 0.25) is 0 Å². The number of rotatable bonds is 1. The fourth-order valence-electron chi connectivity index (χ4n) is 3.89. The maximum absolute atomic E-state index is 5.02. The first-order chi connectivity index (χ1) is 9.47. The van der Waals surface area contributed by atoms with Gasteiger partial charge in [-0.05, 0) is 18.8 Å². The van der Waals surface area contributed by atoms with E-state index in [2.05, 4.69) is 37.6 Å². The molecule has 2 heterocycles. The quantitative estimate of drug-likeness (QED) is 0.849. The summed E-state index contributed by atoms with van der Waals surface area (Å²) in [7, 11) is 0. The monoisotopic (exact) mass is 275 g/mol. The van der Waals surface area contributed by atoms with E-state index in [-0.39, 0.29) is 5.41 Å². The summed E-state index contributed by atoms with van der Waals surface area (Å²) in [5, 5.41) is 3.47. The maximum Gasteiger partial charge on any atom is 0.114 e. The molecule has 0 spiro atoms. The van der Waals surface area contributed by atoms with Gasteiger partial charge in [0.1, 0.15) is 5.82 Å². The molecule has 0 aromatic carbocycles. The Balaban J connectivity index is 2.04. The van der Waals surface area contributed by atoms with Crippen LogP contribution in [0.2, 0.25) is 0 Å². The lowest BCUT2D eigenvalue weighted by Crippen LogP contribution is -2.29. The van der Waals surface area contributed by atoms with Crippen molar-refractivity contribution >= 4 is 0 Å². The van der Waals surface area contributed by atoms with E-state index in [1.54, 1.807) is 0 Å². The molecule has 3 rings (SSSR count). The largest absolute Gasteiger partial charge is 0.328 e. The molecule has 0 radical (unpaired) electrons. The Morgan fingerprint density at radius 1 is 1.25 bits per heavy atom. The van der Waals surface area contributed by atoms with Crippen LogP contribution in [0.5, 0.6) is 0 Å². The summed E-state index contributed by atoms with van der Waals surface area (Å²) in [6.07, 6.45) is 6.59. The van der Waals surface area contributed by atoms with Crippen molar-refractivity contribution in [2.24, 2.45) is 5.92 Å². The molecule has 1 aromatic heterocycles. The van der Waals surface area contributed by atoms with E-state index in [0.29, 0.717) is 6.04 Å². The molecule has 2 atom stereocenters. The van der Waals surface area contributed by atoms with E-state index in [1.807, 2.05) is 0 Å². The van der Waals surface area contributed by atoms with E-state index >= 15 is 0 Å².